The number of thiazole rings is 1. The summed E-state index contributed by atoms with van der Waals surface area (Å²) in [5.74, 6) is -1.27. The summed E-state index contributed by atoms with van der Waals surface area (Å²) in [6.45, 7) is 12.0. The summed E-state index contributed by atoms with van der Waals surface area (Å²) in [6, 6.07) is -1.34. The molecule has 1 saturated heterocycles. The molecule has 0 aliphatic carbocycles. The maximum Gasteiger partial charge on any atom is 0.249 e. The van der Waals surface area contributed by atoms with Gasteiger partial charge in [-0.05, 0) is 31.1 Å². The fourth-order valence-corrected chi connectivity index (χ4v) is 4.42. The third kappa shape index (κ3) is 7.75. The molecule has 33 heavy (non-hydrogen) atoms. The van der Waals surface area contributed by atoms with Crippen molar-refractivity contribution in [2.24, 2.45) is 17.3 Å². The molecule has 1 fully saturated rings. The van der Waals surface area contributed by atoms with Crippen LogP contribution in [-0.2, 0) is 24.0 Å². The van der Waals surface area contributed by atoms with Crippen molar-refractivity contribution in [3.8, 4) is 0 Å². The monoisotopic (exact) mass is 482 g/mol. The second-order valence-corrected chi connectivity index (χ2v) is 10.5. The van der Waals surface area contributed by atoms with Gasteiger partial charge in [-0.2, -0.15) is 0 Å². The Bertz CT molecular complexity index is 761. The minimum atomic E-state index is -0.792. The molecule has 3 amide bonds. The van der Waals surface area contributed by atoms with Gasteiger partial charge >= 0.3 is 0 Å². The number of hydrogen-bond donors (Lipinski definition) is 2. The second kappa shape index (κ2) is 12.4. The van der Waals surface area contributed by atoms with Gasteiger partial charge in [0, 0.05) is 24.6 Å². The number of carbonyl (C=O) groups excluding carboxylic acids is 3. The summed E-state index contributed by atoms with van der Waals surface area (Å²) in [6.07, 6.45) is 5.05. The Balaban J connectivity index is 2.18. The molecule has 2 rings (SSSR count). The lowest BCUT2D eigenvalue weighted by Crippen LogP contribution is -2.56. The van der Waals surface area contributed by atoms with Crippen LogP contribution in [0, 0.1) is 17.3 Å². The van der Waals surface area contributed by atoms with Gasteiger partial charge in [-0.25, -0.2) is 14.9 Å². The van der Waals surface area contributed by atoms with Gasteiger partial charge in [0.2, 0.25) is 18.2 Å². The van der Waals surface area contributed by atoms with E-state index in [0.29, 0.717) is 24.6 Å². The lowest BCUT2D eigenvalue weighted by Gasteiger charge is -2.37. The molecule has 2 N–H and O–H groups in total. The van der Waals surface area contributed by atoms with Crippen LogP contribution < -0.4 is 10.6 Å². The molecular formula is C23H38N4O5S. The summed E-state index contributed by atoms with van der Waals surface area (Å²) in [7, 11) is 0. The van der Waals surface area contributed by atoms with Gasteiger partial charge in [-0.15, -0.1) is 11.3 Å². The van der Waals surface area contributed by atoms with Gasteiger partial charge in [-0.3, -0.25) is 14.4 Å². The molecule has 2 heterocycles. The van der Waals surface area contributed by atoms with Crippen LogP contribution >= 0.6 is 11.3 Å². The molecular weight excluding hydrogens is 444 g/mol. The van der Waals surface area contributed by atoms with Crippen LogP contribution in [0.1, 0.15) is 67.2 Å². The van der Waals surface area contributed by atoms with Crippen molar-refractivity contribution in [2.75, 3.05) is 11.9 Å². The Hall–Kier alpha value is -2.04. The SMILES string of the molecule is CC[C@@H](C)[C@@H](C(=O)N[C@H](C(=O)Nc1nccs1)C(C)(C)C)[C@H](C)N(C=O)OC1CCCCO1. The number of nitrogens with one attached hydrogen (secondary N) is 2. The minimum Gasteiger partial charge on any atom is -0.350 e. The molecule has 0 bridgehead atoms. The summed E-state index contributed by atoms with van der Waals surface area (Å²) in [4.78, 5) is 48.3. The van der Waals surface area contributed by atoms with Gasteiger partial charge < -0.3 is 15.4 Å². The Labute approximate surface area is 200 Å². The van der Waals surface area contributed by atoms with Crippen molar-refractivity contribution < 1.29 is 24.0 Å². The molecule has 186 valence electrons. The zero-order valence-electron chi connectivity index (χ0n) is 20.5. The van der Waals surface area contributed by atoms with E-state index in [1.165, 1.54) is 16.4 Å². The second-order valence-electron chi connectivity index (χ2n) is 9.65. The van der Waals surface area contributed by atoms with Crippen LogP contribution in [0.25, 0.3) is 0 Å². The van der Waals surface area contributed by atoms with Gasteiger partial charge in [-0.1, -0.05) is 41.0 Å². The Morgan fingerprint density at radius 1 is 1.33 bits per heavy atom. The summed E-state index contributed by atoms with van der Waals surface area (Å²) < 4.78 is 5.60. The molecule has 1 unspecified atom stereocenters. The zero-order valence-corrected chi connectivity index (χ0v) is 21.3. The lowest BCUT2D eigenvalue weighted by atomic mass is 9.82. The highest BCUT2D eigenvalue weighted by Crippen LogP contribution is 2.27. The molecule has 0 spiro atoms. The Kier molecular flexibility index (Phi) is 10.2. The summed E-state index contributed by atoms with van der Waals surface area (Å²) in [5, 5.41) is 9.16. The molecule has 9 nitrogen and oxygen atoms in total. The molecule has 1 aliphatic heterocycles. The number of rotatable bonds is 11. The topological polar surface area (TPSA) is 110 Å². The molecule has 1 aliphatic rings. The van der Waals surface area contributed by atoms with Crippen LogP contribution in [0.3, 0.4) is 0 Å². The molecule has 1 aromatic heterocycles. The molecule has 0 aromatic carbocycles. The summed E-state index contributed by atoms with van der Waals surface area (Å²) >= 11 is 1.31. The first-order chi connectivity index (χ1) is 15.6. The number of nitrogens with zero attached hydrogens (tertiary/aromatic N) is 2. The third-order valence-electron chi connectivity index (χ3n) is 6.04. The van der Waals surface area contributed by atoms with Crippen molar-refractivity contribution in [1.82, 2.24) is 15.4 Å². The van der Waals surface area contributed by atoms with E-state index in [2.05, 4.69) is 15.6 Å². The van der Waals surface area contributed by atoms with Gasteiger partial charge in [0.05, 0.1) is 12.0 Å². The van der Waals surface area contributed by atoms with Gasteiger partial charge in [0.1, 0.15) is 6.04 Å². The van der Waals surface area contributed by atoms with E-state index in [4.69, 9.17) is 9.57 Å². The first kappa shape index (κ1) is 27.2. The van der Waals surface area contributed by atoms with Crippen LogP contribution in [0.15, 0.2) is 11.6 Å². The van der Waals surface area contributed by atoms with E-state index in [1.54, 1.807) is 18.5 Å². The van der Waals surface area contributed by atoms with E-state index >= 15 is 0 Å². The van der Waals surface area contributed by atoms with Gasteiger partial charge in [0.25, 0.3) is 0 Å². The fourth-order valence-electron chi connectivity index (χ4n) is 3.89. The lowest BCUT2D eigenvalue weighted by molar-refractivity contribution is -0.288. The Morgan fingerprint density at radius 2 is 2.06 bits per heavy atom. The quantitative estimate of drug-likeness (QED) is 0.369. The number of carbonyl (C=O) groups is 3. The van der Waals surface area contributed by atoms with Crippen molar-refractivity contribution in [1.29, 1.82) is 0 Å². The fraction of sp³-hybridized carbons (Fsp3) is 0.739. The highest BCUT2D eigenvalue weighted by Gasteiger charge is 2.39. The van der Waals surface area contributed by atoms with Crippen molar-refractivity contribution in [2.45, 2.75) is 85.6 Å². The Morgan fingerprint density at radius 3 is 2.58 bits per heavy atom. The number of hydrogen-bond acceptors (Lipinski definition) is 7. The van der Waals surface area contributed by atoms with Crippen LogP contribution in [0.4, 0.5) is 5.13 Å². The highest BCUT2D eigenvalue weighted by atomic mass is 32.1. The molecule has 10 heteroatoms. The minimum absolute atomic E-state index is 0.0547. The predicted molar refractivity (Wildman–Crippen MR) is 127 cm³/mol. The maximum absolute atomic E-state index is 13.5. The summed E-state index contributed by atoms with van der Waals surface area (Å²) in [5.41, 5.74) is -0.545. The van der Waals surface area contributed by atoms with Crippen LogP contribution in [-0.4, -0.2) is 53.3 Å². The van der Waals surface area contributed by atoms with Crippen LogP contribution in [0.2, 0.25) is 0 Å². The average Bonchev–Trinajstić information content (AvgIpc) is 3.28. The van der Waals surface area contributed by atoms with Crippen molar-refractivity contribution in [3.63, 3.8) is 0 Å². The standard InChI is InChI=1S/C23H38N4O5S/c1-7-15(2)18(16(3)27(14-28)32-17-10-8-9-12-31-17)20(29)25-19(23(4,5)6)21(30)26-22-24-11-13-33-22/h11,13-19H,7-10,12H2,1-6H3,(H,25,29)(H,24,26,30)/t15-,16+,17?,18-,19-/m1/s1. The maximum atomic E-state index is 13.5. The first-order valence-electron chi connectivity index (χ1n) is 11.6. The zero-order chi connectivity index (χ0) is 24.6. The molecule has 0 radical (unpaired) electrons. The largest absolute Gasteiger partial charge is 0.350 e. The normalized spacial score (nSPS) is 20.2. The van der Waals surface area contributed by atoms with E-state index in [-0.39, 0.29) is 17.7 Å². The number of aromatic nitrogens is 1. The molecule has 0 saturated carbocycles. The van der Waals surface area contributed by atoms with Crippen molar-refractivity contribution in [3.05, 3.63) is 11.6 Å². The first-order valence-corrected chi connectivity index (χ1v) is 12.5. The van der Waals surface area contributed by atoms with Crippen LogP contribution in [0.5, 0.6) is 0 Å². The van der Waals surface area contributed by atoms with E-state index in [0.717, 1.165) is 19.3 Å². The van der Waals surface area contributed by atoms with Gasteiger partial charge in [0.15, 0.2) is 11.4 Å². The third-order valence-corrected chi connectivity index (χ3v) is 6.73. The van der Waals surface area contributed by atoms with Crippen molar-refractivity contribution >= 4 is 34.7 Å². The molecule has 5 atom stereocenters. The number of ether oxygens (including phenoxy) is 1. The number of amides is 3. The predicted octanol–water partition coefficient (Wildman–Crippen LogP) is 3.58. The number of hydroxylamine groups is 2. The highest BCUT2D eigenvalue weighted by molar-refractivity contribution is 7.13. The average molecular weight is 483 g/mol. The van der Waals surface area contributed by atoms with E-state index in [1.807, 2.05) is 34.6 Å². The van der Waals surface area contributed by atoms with E-state index < -0.39 is 29.7 Å². The molecule has 1 aromatic rings. The number of anilines is 1. The van der Waals surface area contributed by atoms with E-state index in [9.17, 15) is 14.4 Å². The smallest absolute Gasteiger partial charge is 0.249 e.